The first kappa shape index (κ1) is 30.9. The number of anilines is 3. The molecule has 1 saturated heterocycles. The maximum Gasteiger partial charge on any atom is 0.281 e. The van der Waals surface area contributed by atoms with Crippen LogP contribution in [0.3, 0.4) is 0 Å². The second-order valence-corrected chi connectivity index (χ2v) is 12.1. The highest BCUT2D eigenvalue weighted by molar-refractivity contribution is 6.13. The van der Waals surface area contributed by atoms with Crippen molar-refractivity contribution < 1.29 is 22.8 Å². The Bertz CT molecular complexity index is 2020. The van der Waals surface area contributed by atoms with Gasteiger partial charge in [-0.05, 0) is 55.7 Å². The lowest BCUT2D eigenvalue weighted by atomic mass is 9.94. The molecule has 0 bridgehead atoms. The first-order valence-corrected chi connectivity index (χ1v) is 14.9. The molecule has 2 aliphatic rings. The van der Waals surface area contributed by atoms with Gasteiger partial charge < -0.3 is 20.4 Å². The second kappa shape index (κ2) is 11.0. The topological polar surface area (TPSA) is 105 Å². The maximum atomic E-state index is 17.2. The molecule has 2 aliphatic heterocycles. The number of amides is 2. The number of fused-ring (bicyclic) bond motifs is 5. The molecule has 0 radical (unpaired) electrons. The summed E-state index contributed by atoms with van der Waals surface area (Å²) in [6, 6.07) is 5.04. The van der Waals surface area contributed by atoms with Crippen molar-refractivity contribution in [3.8, 4) is 16.8 Å². The Morgan fingerprint density at radius 1 is 1.07 bits per heavy atom. The third kappa shape index (κ3) is 4.38. The van der Waals surface area contributed by atoms with Gasteiger partial charge in [-0.15, -0.1) is 0 Å². The Kier molecular flexibility index (Phi) is 7.41. The molecular weight excluding hydrogens is 597 g/mol. The molecule has 2 amide bonds. The third-order valence-corrected chi connectivity index (χ3v) is 8.96. The second-order valence-electron chi connectivity index (χ2n) is 12.1. The molecule has 1 fully saturated rings. The van der Waals surface area contributed by atoms with Crippen molar-refractivity contribution in [3.63, 3.8) is 0 Å². The van der Waals surface area contributed by atoms with E-state index in [1.165, 1.54) is 29.0 Å². The summed E-state index contributed by atoms with van der Waals surface area (Å²) in [6.45, 7) is 10.9. The van der Waals surface area contributed by atoms with E-state index in [4.69, 9.17) is 5.73 Å². The fourth-order valence-electron chi connectivity index (χ4n) is 6.76. The van der Waals surface area contributed by atoms with Crippen LogP contribution in [0.5, 0.6) is 0 Å². The van der Waals surface area contributed by atoms with Crippen molar-refractivity contribution in [3.05, 3.63) is 88.2 Å². The average Bonchev–Trinajstić information content (AvgIpc) is 3.00. The first-order chi connectivity index (χ1) is 21.8. The molecule has 238 valence electrons. The number of nitrogens with zero attached hydrogens (tertiary/aromatic N) is 5. The van der Waals surface area contributed by atoms with Crippen LogP contribution in [0.1, 0.15) is 37.9 Å². The lowest BCUT2D eigenvalue weighted by Crippen LogP contribution is -2.66. The van der Waals surface area contributed by atoms with Gasteiger partial charge in [0.25, 0.3) is 11.5 Å². The minimum absolute atomic E-state index is 0.0127. The number of nitrogen functional groups attached to an aromatic ring is 1. The van der Waals surface area contributed by atoms with E-state index in [1.54, 1.807) is 31.0 Å². The number of nitrogens with two attached hydrogens (primary N) is 1. The number of carbonyl (C=O) groups excluding carboxylic acids is 2. The van der Waals surface area contributed by atoms with E-state index in [2.05, 4.69) is 11.6 Å². The Labute approximate surface area is 263 Å². The molecule has 0 saturated carbocycles. The predicted molar refractivity (Wildman–Crippen MR) is 172 cm³/mol. The largest absolute Gasteiger partial charge is 0.398 e. The Hall–Kier alpha value is -5.13. The van der Waals surface area contributed by atoms with E-state index in [1.807, 2.05) is 13.8 Å². The van der Waals surface area contributed by atoms with Crippen molar-refractivity contribution in [1.29, 1.82) is 0 Å². The highest BCUT2D eigenvalue weighted by Gasteiger charge is 2.46. The molecule has 0 unspecified atom stereocenters. The van der Waals surface area contributed by atoms with Gasteiger partial charge in [-0.3, -0.25) is 23.9 Å². The molecular formula is C34H33F3N6O3. The van der Waals surface area contributed by atoms with E-state index in [-0.39, 0.29) is 58.6 Å². The van der Waals surface area contributed by atoms with Crippen molar-refractivity contribution in [2.24, 2.45) is 0 Å². The Morgan fingerprint density at radius 3 is 2.43 bits per heavy atom. The zero-order valence-electron chi connectivity index (χ0n) is 26.1. The summed E-state index contributed by atoms with van der Waals surface area (Å²) in [7, 11) is 1.42. The van der Waals surface area contributed by atoms with Crippen LogP contribution >= 0.6 is 0 Å². The third-order valence-electron chi connectivity index (χ3n) is 8.96. The van der Waals surface area contributed by atoms with Crippen LogP contribution in [-0.2, 0) is 9.59 Å². The van der Waals surface area contributed by atoms with Gasteiger partial charge in [0.2, 0.25) is 5.91 Å². The van der Waals surface area contributed by atoms with Crippen molar-refractivity contribution in [1.82, 2.24) is 14.5 Å². The lowest BCUT2D eigenvalue weighted by molar-refractivity contribution is -0.130. The highest BCUT2D eigenvalue weighted by atomic mass is 19.1. The van der Waals surface area contributed by atoms with Crippen LogP contribution in [0.25, 0.3) is 27.7 Å². The summed E-state index contributed by atoms with van der Waals surface area (Å²) >= 11 is 0. The highest BCUT2D eigenvalue weighted by Crippen LogP contribution is 2.45. The first-order valence-electron chi connectivity index (χ1n) is 14.9. The Balaban J connectivity index is 1.80. The number of likely N-dealkylation sites (N-methyl/N-ethyl adjacent to an activating group) is 1. The number of aromatic nitrogens is 2. The Morgan fingerprint density at radius 2 is 1.78 bits per heavy atom. The zero-order valence-corrected chi connectivity index (χ0v) is 26.1. The van der Waals surface area contributed by atoms with Crippen LogP contribution in [0.4, 0.5) is 30.2 Å². The van der Waals surface area contributed by atoms with Gasteiger partial charge in [0.05, 0.1) is 34.7 Å². The summed E-state index contributed by atoms with van der Waals surface area (Å²) in [5, 5.41) is -0.0127. The number of hydrogen-bond acceptors (Lipinski definition) is 6. The average molecular weight is 631 g/mol. The number of piperazine rings is 1. The van der Waals surface area contributed by atoms with Gasteiger partial charge in [0.15, 0.2) is 5.82 Å². The number of carbonyl (C=O) groups is 2. The standard InChI is InChI=1S/C34H33F3N6O3/c1-7-24(44)41-15-23-33(45)40(6)32-31(42(23)14-18(41)5)19-13-21(36)26(25-20(35)9-8-10-22(25)38)27(37)30(19)43(34(32)46)29-17(4)11-12-39-28(29)16(2)3/h7-13,16,18,23H,1,14-15,38H2,2-6H3/t18-,23-/m1/s1. The number of pyridine rings is 2. The normalized spacial score (nSPS) is 17.8. The molecule has 2 atom stereocenters. The maximum absolute atomic E-state index is 17.2. The zero-order chi connectivity index (χ0) is 33.4. The van der Waals surface area contributed by atoms with Crippen molar-refractivity contribution in [2.45, 2.75) is 45.7 Å². The van der Waals surface area contributed by atoms with Gasteiger partial charge >= 0.3 is 0 Å². The summed E-state index contributed by atoms with van der Waals surface area (Å²) in [5.41, 5.74) is 4.96. The van der Waals surface area contributed by atoms with Gasteiger partial charge in [-0.1, -0.05) is 26.5 Å². The summed E-state index contributed by atoms with van der Waals surface area (Å²) in [4.78, 5) is 50.1. The minimum atomic E-state index is -1.20. The van der Waals surface area contributed by atoms with Crippen LogP contribution in [0, 0.1) is 24.4 Å². The molecule has 4 aromatic rings. The molecule has 4 heterocycles. The number of hydrogen-bond donors (Lipinski definition) is 1. The quantitative estimate of drug-likeness (QED) is 0.250. The molecule has 2 aromatic carbocycles. The van der Waals surface area contributed by atoms with E-state index < -0.39 is 52.1 Å². The predicted octanol–water partition coefficient (Wildman–Crippen LogP) is 5.05. The van der Waals surface area contributed by atoms with Gasteiger partial charge in [-0.25, -0.2) is 13.2 Å². The number of halogens is 3. The number of benzene rings is 2. The molecule has 6 rings (SSSR count). The molecule has 2 aromatic heterocycles. The lowest BCUT2D eigenvalue weighted by Gasteiger charge is -2.50. The van der Waals surface area contributed by atoms with Gasteiger partial charge in [-0.2, -0.15) is 0 Å². The summed E-state index contributed by atoms with van der Waals surface area (Å²) in [6.07, 6.45) is 2.74. The number of aryl methyl sites for hydroxylation is 1. The van der Waals surface area contributed by atoms with Crippen molar-refractivity contribution in [2.75, 3.05) is 35.7 Å². The molecule has 9 nitrogen and oxygen atoms in total. The van der Waals surface area contributed by atoms with E-state index in [0.717, 1.165) is 22.8 Å². The van der Waals surface area contributed by atoms with Crippen LogP contribution in [0.2, 0.25) is 0 Å². The van der Waals surface area contributed by atoms with Gasteiger partial charge in [0, 0.05) is 42.5 Å². The molecule has 0 aliphatic carbocycles. The van der Waals surface area contributed by atoms with E-state index >= 15 is 13.2 Å². The molecule has 2 N–H and O–H groups in total. The molecule has 46 heavy (non-hydrogen) atoms. The summed E-state index contributed by atoms with van der Waals surface area (Å²) < 4.78 is 49.8. The SMILES string of the molecule is C=CC(=O)N1C[C@@H]2C(=O)N(C)c3c(c4cc(F)c(-c5c(N)cccc5F)c(F)c4n(-c4c(C)ccnc4C(C)C)c3=O)N2C[C@H]1C. The van der Waals surface area contributed by atoms with E-state index in [9.17, 15) is 14.4 Å². The fourth-order valence-corrected chi connectivity index (χ4v) is 6.76. The smallest absolute Gasteiger partial charge is 0.281 e. The van der Waals surface area contributed by atoms with E-state index in [0.29, 0.717) is 11.3 Å². The summed E-state index contributed by atoms with van der Waals surface area (Å²) in [5.74, 6) is -4.30. The fraction of sp³-hybridized carbons (Fsp3) is 0.294. The van der Waals surface area contributed by atoms with Crippen LogP contribution in [0.15, 0.2) is 54.0 Å². The number of rotatable bonds is 4. The van der Waals surface area contributed by atoms with Crippen LogP contribution in [-0.4, -0.2) is 58.5 Å². The van der Waals surface area contributed by atoms with Crippen molar-refractivity contribution >= 4 is 39.8 Å². The van der Waals surface area contributed by atoms with Gasteiger partial charge in [0.1, 0.15) is 23.4 Å². The molecule has 0 spiro atoms. The minimum Gasteiger partial charge on any atom is -0.398 e. The van der Waals surface area contributed by atoms with Crippen LogP contribution < -0.4 is 21.1 Å². The monoisotopic (exact) mass is 630 g/mol. The molecule has 12 heteroatoms.